The van der Waals surface area contributed by atoms with E-state index in [-0.39, 0.29) is 6.54 Å². The summed E-state index contributed by atoms with van der Waals surface area (Å²) in [6, 6.07) is 13.8. The summed E-state index contributed by atoms with van der Waals surface area (Å²) in [5, 5.41) is 15.4. The van der Waals surface area contributed by atoms with Crippen molar-refractivity contribution in [1.29, 1.82) is 0 Å². The molecule has 8 heteroatoms. The number of hydrogen-bond donors (Lipinski definition) is 3. The summed E-state index contributed by atoms with van der Waals surface area (Å²) in [5.74, 6) is 1.48. The lowest BCUT2D eigenvalue weighted by atomic mass is 9.92. The Hall–Kier alpha value is -3.83. The molecule has 0 saturated carbocycles. The van der Waals surface area contributed by atoms with Crippen LogP contribution in [0, 0.1) is 12.3 Å². The van der Waals surface area contributed by atoms with Crippen LogP contribution < -0.4 is 10.6 Å². The van der Waals surface area contributed by atoms with Gasteiger partial charge in [0.05, 0.1) is 6.61 Å². The van der Waals surface area contributed by atoms with Gasteiger partial charge < -0.3 is 25.4 Å². The molecule has 0 radical (unpaired) electrons. The van der Waals surface area contributed by atoms with Crippen molar-refractivity contribution in [3.05, 3.63) is 71.3 Å². The first-order valence-electron chi connectivity index (χ1n) is 12.1. The van der Waals surface area contributed by atoms with Gasteiger partial charge in [0.2, 0.25) is 11.8 Å². The SMILES string of the molecule is C#Cc1ccccc1C(C(=O)NCc1ccccc1)N(C(=O)C(CO)NC(=O)OC(C)(C)C)C(C)(C)C. The fourth-order valence-electron chi connectivity index (χ4n) is 3.79. The Kier molecular flexibility index (Phi) is 9.87. The predicted molar refractivity (Wildman–Crippen MR) is 142 cm³/mol. The minimum atomic E-state index is -1.35. The third-order valence-corrected chi connectivity index (χ3v) is 5.36. The second kappa shape index (κ2) is 12.4. The van der Waals surface area contributed by atoms with E-state index >= 15 is 0 Å². The molecule has 8 nitrogen and oxygen atoms in total. The van der Waals surface area contributed by atoms with Crippen molar-refractivity contribution >= 4 is 17.9 Å². The lowest BCUT2D eigenvalue weighted by Crippen LogP contribution is -2.59. The molecule has 0 aliphatic heterocycles. The number of nitrogens with one attached hydrogen (secondary N) is 2. The summed E-state index contributed by atoms with van der Waals surface area (Å²) in [7, 11) is 0. The van der Waals surface area contributed by atoms with Crippen LogP contribution in [0.3, 0.4) is 0 Å². The summed E-state index contributed by atoms with van der Waals surface area (Å²) in [4.78, 5) is 41.4. The van der Waals surface area contributed by atoms with Crippen LogP contribution in [0.25, 0.3) is 0 Å². The molecule has 198 valence electrons. The average molecular weight is 508 g/mol. The Labute approximate surface area is 219 Å². The van der Waals surface area contributed by atoms with Crippen LogP contribution >= 0.6 is 0 Å². The van der Waals surface area contributed by atoms with Gasteiger partial charge in [0, 0.05) is 17.6 Å². The first-order chi connectivity index (χ1) is 17.3. The van der Waals surface area contributed by atoms with Crippen LogP contribution in [0.5, 0.6) is 0 Å². The molecule has 3 amide bonds. The van der Waals surface area contributed by atoms with Gasteiger partial charge in [-0.2, -0.15) is 0 Å². The Morgan fingerprint density at radius 3 is 2.14 bits per heavy atom. The molecule has 2 atom stereocenters. The van der Waals surface area contributed by atoms with Crippen LogP contribution in [0.1, 0.15) is 64.3 Å². The molecule has 2 rings (SSSR count). The first-order valence-corrected chi connectivity index (χ1v) is 12.1. The van der Waals surface area contributed by atoms with E-state index in [1.165, 1.54) is 4.90 Å². The number of benzene rings is 2. The van der Waals surface area contributed by atoms with Crippen molar-refractivity contribution in [2.75, 3.05) is 6.61 Å². The maximum Gasteiger partial charge on any atom is 0.408 e. The van der Waals surface area contributed by atoms with E-state index in [1.807, 2.05) is 30.3 Å². The van der Waals surface area contributed by atoms with Gasteiger partial charge in [-0.25, -0.2) is 4.79 Å². The van der Waals surface area contributed by atoms with Gasteiger partial charge in [-0.05, 0) is 58.7 Å². The summed E-state index contributed by atoms with van der Waals surface area (Å²) in [5.41, 5.74) is 0.0742. The van der Waals surface area contributed by atoms with Crippen LogP contribution in [0.4, 0.5) is 4.79 Å². The number of aliphatic hydroxyl groups is 1. The van der Waals surface area contributed by atoms with E-state index in [1.54, 1.807) is 65.8 Å². The van der Waals surface area contributed by atoms with Gasteiger partial charge in [-0.15, -0.1) is 6.42 Å². The van der Waals surface area contributed by atoms with Gasteiger partial charge in [-0.3, -0.25) is 9.59 Å². The van der Waals surface area contributed by atoms with E-state index in [0.717, 1.165) is 5.56 Å². The molecule has 0 aliphatic carbocycles. The fourth-order valence-corrected chi connectivity index (χ4v) is 3.79. The molecule has 37 heavy (non-hydrogen) atoms. The maximum atomic E-state index is 13.9. The highest BCUT2D eigenvalue weighted by atomic mass is 16.6. The van der Waals surface area contributed by atoms with Crippen molar-refractivity contribution in [1.82, 2.24) is 15.5 Å². The molecule has 2 unspecified atom stereocenters. The largest absolute Gasteiger partial charge is 0.444 e. The highest BCUT2D eigenvalue weighted by Gasteiger charge is 2.42. The molecule has 0 fully saturated rings. The molecule has 0 spiro atoms. The van der Waals surface area contributed by atoms with Crippen LogP contribution in [-0.4, -0.2) is 51.7 Å². The van der Waals surface area contributed by atoms with E-state index < -0.39 is 47.7 Å². The van der Waals surface area contributed by atoms with Crippen LogP contribution in [-0.2, 0) is 20.9 Å². The van der Waals surface area contributed by atoms with Crippen LogP contribution in [0.15, 0.2) is 54.6 Å². The molecule has 0 aliphatic rings. The van der Waals surface area contributed by atoms with Crippen molar-refractivity contribution in [3.8, 4) is 12.3 Å². The standard InChI is InChI=1S/C29H37N3O5/c1-8-21-16-12-13-17-22(21)24(25(34)30-18-20-14-10-9-11-15-20)32(28(2,3)4)26(35)23(19-33)31-27(36)37-29(5,6)7/h1,9-17,23-24,33H,18-19H2,2-7H3,(H,30,34)(H,31,36). The smallest absolute Gasteiger partial charge is 0.408 e. The second-order valence-corrected chi connectivity index (χ2v) is 10.6. The monoisotopic (exact) mass is 507 g/mol. The van der Waals surface area contributed by atoms with Crippen molar-refractivity contribution in [2.45, 2.75) is 71.3 Å². The summed E-state index contributed by atoms with van der Waals surface area (Å²) in [6.07, 6.45) is 4.89. The highest BCUT2D eigenvalue weighted by molar-refractivity contribution is 5.93. The number of nitrogens with zero attached hydrogens (tertiary/aromatic N) is 1. The summed E-state index contributed by atoms with van der Waals surface area (Å²) < 4.78 is 5.26. The van der Waals surface area contributed by atoms with Gasteiger partial charge >= 0.3 is 6.09 Å². The number of amides is 3. The molecule has 3 N–H and O–H groups in total. The quantitative estimate of drug-likeness (QED) is 0.474. The van der Waals surface area contributed by atoms with E-state index in [4.69, 9.17) is 11.2 Å². The Morgan fingerprint density at radius 1 is 1.00 bits per heavy atom. The van der Waals surface area contributed by atoms with Gasteiger partial charge in [-0.1, -0.05) is 54.5 Å². The third kappa shape index (κ3) is 8.36. The fraction of sp³-hybridized carbons (Fsp3) is 0.414. The number of rotatable bonds is 8. The number of aliphatic hydroxyl groups excluding tert-OH is 1. The summed E-state index contributed by atoms with van der Waals surface area (Å²) in [6.45, 7) is 9.91. The molecule has 0 aromatic heterocycles. The molecule has 2 aromatic carbocycles. The molecule has 2 aromatic rings. The maximum absolute atomic E-state index is 13.9. The zero-order valence-corrected chi connectivity index (χ0v) is 22.4. The summed E-state index contributed by atoms with van der Waals surface area (Å²) >= 11 is 0. The molecular weight excluding hydrogens is 470 g/mol. The number of terminal acetylenes is 1. The van der Waals surface area contributed by atoms with Gasteiger partial charge in [0.25, 0.3) is 0 Å². The van der Waals surface area contributed by atoms with E-state index in [9.17, 15) is 19.5 Å². The Bertz CT molecular complexity index is 1130. The minimum absolute atomic E-state index is 0.236. The van der Waals surface area contributed by atoms with E-state index in [2.05, 4.69) is 16.6 Å². The zero-order chi connectivity index (χ0) is 27.8. The number of hydrogen-bond acceptors (Lipinski definition) is 5. The highest BCUT2D eigenvalue weighted by Crippen LogP contribution is 2.32. The van der Waals surface area contributed by atoms with Gasteiger partial charge in [0.1, 0.15) is 17.7 Å². The topological polar surface area (TPSA) is 108 Å². The number of carbonyl (C=O) groups is 3. The Balaban J connectivity index is 2.52. The zero-order valence-electron chi connectivity index (χ0n) is 22.4. The lowest BCUT2D eigenvalue weighted by Gasteiger charge is -2.43. The van der Waals surface area contributed by atoms with Crippen LogP contribution in [0.2, 0.25) is 0 Å². The number of carbonyl (C=O) groups excluding carboxylic acids is 3. The third-order valence-electron chi connectivity index (χ3n) is 5.36. The van der Waals surface area contributed by atoms with Gasteiger partial charge in [0.15, 0.2) is 0 Å². The molecule has 0 bridgehead atoms. The molecule has 0 heterocycles. The Morgan fingerprint density at radius 2 is 1.59 bits per heavy atom. The lowest BCUT2D eigenvalue weighted by molar-refractivity contribution is -0.149. The van der Waals surface area contributed by atoms with Crippen molar-refractivity contribution < 1.29 is 24.2 Å². The average Bonchev–Trinajstić information content (AvgIpc) is 2.82. The first kappa shape index (κ1) is 29.4. The second-order valence-electron chi connectivity index (χ2n) is 10.6. The minimum Gasteiger partial charge on any atom is -0.444 e. The number of alkyl carbamates (subject to hydrolysis) is 1. The van der Waals surface area contributed by atoms with Crippen molar-refractivity contribution in [2.24, 2.45) is 0 Å². The van der Waals surface area contributed by atoms with E-state index in [0.29, 0.717) is 11.1 Å². The number of ether oxygens (including phenoxy) is 1. The predicted octanol–water partition coefficient (Wildman–Crippen LogP) is 3.54. The molecule has 0 saturated heterocycles. The normalized spacial score (nSPS) is 13.0. The van der Waals surface area contributed by atoms with Crippen molar-refractivity contribution in [3.63, 3.8) is 0 Å². The molecular formula is C29H37N3O5.